The molecule has 0 aliphatic heterocycles. The first-order chi connectivity index (χ1) is 24.8. The topological polar surface area (TPSA) is 3.24 Å². The number of anilines is 3. The molecule has 1 aliphatic carbocycles. The minimum atomic E-state index is -0.693. The monoisotopic (exact) mass is 635 g/mol. The number of rotatable bonds is 5. The number of para-hydroxylation sites is 1. The Balaban J connectivity index is 1.31. The third kappa shape index (κ3) is 4.98. The molecule has 1 nitrogen and oxygen atoms in total. The van der Waals surface area contributed by atoms with Crippen LogP contribution in [0.3, 0.4) is 0 Å². The lowest BCUT2D eigenvalue weighted by Crippen LogP contribution is -2.25. The first-order valence-electron chi connectivity index (χ1n) is 17.1. The van der Waals surface area contributed by atoms with Crippen LogP contribution in [0.5, 0.6) is 0 Å². The van der Waals surface area contributed by atoms with Gasteiger partial charge >= 0.3 is 0 Å². The van der Waals surface area contributed by atoms with E-state index < -0.39 is 5.41 Å². The highest BCUT2D eigenvalue weighted by molar-refractivity contribution is 5.98. The smallest absolute Gasteiger partial charge is 0.108 e. The van der Waals surface area contributed by atoms with Crippen LogP contribution >= 0.6 is 0 Å². The molecular weight excluding hydrogens is 603 g/mol. The van der Waals surface area contributed by atoms with Crippen molar-refractivity contribution in [3.8, 4) is 34.1 Å². The van der Waals surface area contributed by atoms with Crippen molar-refractivity contribution in [2.45, 2.75) is 5.41 Å². The van der Waals surface area contributed by atoms with E-state index in [1.54, 1.807) is 0 Å². The molecule has 8 aromatic rings. The summed E-state index contributed by atoms with van der Waals surface area (Å²) in [5.74, 6) is 7.53. The lowest BCUT2D eigenvalue weighted by Gasteiger charge is -2.30. The fourth-order valence-electron chi connectivity index (χ4n) is 7.56. The third-order valence-electron chi connectivity index (χ3n) is 9.89. The Labute approximate surface area is 293 Å². The molecule has 0 radical (unpaired) electrons. The SMILES string of the molecule is C(#CC1(c2ccc3ccccc3c2)c2ccccc2-c2c(N(c3ccccc3)c3ccc(-c4ccccc4)cc3)cccc21)c1ccccc1. The summed E-state index contributed by atoms with van der Waals surface area (Å²) >= 11 is 0. The molecule has 0 fully saturated rings. The van der Waals surface area contributed by atoms with Gasteiger partial charge in [-0.2, -0.15) is 0 Å². The van der Waals surface area contributed by atoms with Crippen LogP contribution in [0.25, 0.3) is 33.0 Å². The first kappa shape index (κ1) is 29.5. The van der Waals surface area contributed by atoms with Crippen LogP contribution < -0.4 is 4.90 Å². The Morgan fingerprint density at radius 2 is 1.02 bits per heavy atom. The fourth-order valence-corrected chi connectivity index (χ4v) is 7.56. The van der Waals surface area contributed by atoms with Crippen molar-refractivity contribution < 1.29 is 0 Å². The summed E-state index contributed by atoms with van der Waals surface area (Å²) in [5, 5.41) is 2.43. The summed E-state index contributed by atoms with van der Waals surface area (Å²) in [4.78, 5) is 2.39. The number of benzene rings is 8. The highest BCUT2D eigenvalue weighted by atomic mass is 15.1. The maximum absolute atomic E-state index is 3.91. The average Bonchev–Trinajstić information content (AvgIpc) is 3.49. The molecule has 0 N–H and O–H groups in total. The predicted octanol–water partition coefficient (Wildman–Crippen LogP) is 12.3. The average molecular weight is 636 g/mol. The van der Waals surface area contributed by atoms with Gasteiger partial charge in [-0.05, 0) is 92.7 Å². The second-order valence-corrected chi connectivity index (χ2v) is 12.8. The van der Waals surface area contributed by atoms with Crippen LogP contribution in [0.15, 0.2) is 200 Å². The van der Waals surface area contributed by atoms with E-state index >= 15 is 0 Å². The van der Waals surface area contributed by atoms with Gasteiger partial charge in [-0.25, -0.2) is 0 Å². The number of nitrogens with zero attached hydrogens (tertiary/aromatic N) is 1. The van der Waals surface area contributed by atoms with Gasteiger partial charge in [0.1, 0.15) is 5.41 Å². The molecule has 0 saturated heterocycles. The Hall–Kier alpha value is -6.62. The lowest BCUT2D eigenvalue weighted by atomic mass is 9.72. The summed E-state index contributed by atoms with van der Waals surface area (Å²) < 4.78 is 0. The number of fused-ring (bicyclic) bond motifs is 4. The van der Waals surface area contributed by atoms with Crippen molar-refractivity contribution in [3.63, 3.8) is 0 Å². The molecule has 0 amide bonds. The van der Waals surface area contributed by atoms with Crippen LogP contribution in [0, 0.1) is 11.8 Å². The summed E-state index contributed by atoms with van der Waals surface area (Å²) in [6.07, 6.45) is 0. The number of hydrogen-bond acceptors (Lipinski definition) is 1. The molecule has 1 atom stereocenters. The second-order valence-electron chi connectivity index (χ2n) is 12.8. The van der Waals surface area contributed by atoms with E-state index in [1.807, 2.05) is 6.07 Å². The molecule has 1 unspecified atom stereocenters. The van der Waals surface area contributed by atoms with Gasteiger partial charge in [0.15, 0.2) is 0 Å². The molecule has 1 aliphatic rings. The molecule has 0 aromatic heterocycles. The largest absolute Gasteiger partial charge is 0.310 e. The molecule has 0 spiro atoms. The van der Waals surface area contributed by atoms with Gasteiger partial charge in [0, 0.05) is 22.5 Å². The summed E-state index contributed by atoms with van der Waals surface area (Å²) in [6.45, 7) is 0. The van der Waals surface area contributed by atoms with Crippen molar-refractivity contribution in [2.75, 3.05) is 4.90 Å². The molecule has 8 aromatic carbocycles. The molecule has 0 bridgehead atoms. The van der Waals surface area contributed by atoms with E-state index in [2.05, 4.69) is 211 Å². The third-order valence-corrected chi connectivity index (χ3v) is 9.89. The molecule has 9 rings (SSSR count). The Morgan fingerprint density at radius 3 is 1.80 bits per heavy atom. The van der Waals surface area contributed by atoms with Gasteiger partial charge in [0.05, 0.1) is 5.69 Å². The zero-order chi connectivity index (χ0) is 33.3. The Kier molecular flexibility index (Phi) is 7.34. The summed E-state index contributed by atoms with van der Waals surface area (Å²) in [5.41, 5.74) is 12.0. The van der Waals surface area contributed by atoms with Crippen molar-refractivity contribution >= 4 is 27.8 Å². The Morgan fingerprint density at radius 1 is 0.420 bits per heavy atom. The van der Waals surface area contributed by atoms with Gasteiger partial charge in [0.2, 0.25) is 0 Å². The molecule has 50 heavy (non-hydrogen) atoms. The highest BCUT2D eigenvalue weighted by Gasteiger charge is 2.45. The minimum absolute atomic E-state index is 0.693. The van der Waals surface area contributed by atoms with Crippen molar-refractivity contribution in [1.82, 2.24) is 0 Å². The van der Waals surface area contributed by atoms with Gasteiger partial charge < -0.3 is 4.90 Å². The Bertz CT molecular complexity index is 2520. The van der Waals surface area contributed by atoms with Crippen LogP contribution in [0.2, 0.25) is 0 Å². The summed E-state index contributed by atoms with van der Waals surface area (Å²) in [7, 11) is 0. The number of hydrogen-bond donors (Lipinski definition) is 0. The zero-order valence-electron chi connectivity index (χ0n) is 27.5. The van der Waals surface area contributed by atoms with Crippen molar-refractivity contribution in [2.24, 2.45) is 0 Å². The van der Waals surface area contributed by atoms with E-state index in [4.69, 9.17) is 0 Å². The molecule has 1 heteroatoms. The predicted molar refractivity (Wildman–Crippen MR) is 209 cm³/mol. The van der Waals surface area contributed by atoms with E-state index in [1.165, 1.54) is 49.7 Å². The van der Waals surface area contributed by atoms with Gasteiger partial charge in [-0.3, -0.25) is 0 Å². The van der Waals surface area contributed by atoms with Crippen LogP contribution in [-0.4, -0.2) is 0 Å². The quantitative estimate of drug-likeness (QED) is 0.170. The van der Waals surface area contributed by atoms with Gasteiger partial charge in [-0.15, -0.1) is 0 Å². The van der Waals surface area contributed by atoms with E-state index in [-0.39, 0.29) is 0 Å². The fraction of sp³-hybridized carbons (Fsp3) is 0.0204. The van der Waals surface area contributed by atoms with Gasteiger partial charge in [-0.1, -0.05) is 164 Å². The lowest BCUT2D eigenvalue weighted by molar-refractivity contribution is 0.839. The van der Waals surface area contributed by atoms with Crippen LogP contribution in [0.4, 0.5) is 17.1 Å². The van der Waals surface area contributed by atoms with Crippen molar-refractivity contribution in [3.05, 3.63) is 222 Å². The van der Waals surface area contributed by atoms with Crippen molar-refractivity contribution in [1.29, 1.82) is 0 Å². The zero-order valence-corrected chi connectivity index (χ0v) is 27.5. The maximum atomic E-state index is 3.91. The highest BCUT2D eigenvalue weighted by Crippen LogP contribution is 2.57. The van der Waals surface area contributed by atoms with E-state index in [9.17, 15) is 0 Å². The molecule has 234 valence electrons. The van der Waals surface area contributed by atoms with E-state index in [0.29, 0.717) is 0 Å². The maximum Gasteiger partial charge on any atom is 0.108 e. The molecule has 0 saturated carbocycles. The normalized spacial score (nSPS) is 14.3. The first-order valence-corrected chi connectivity index (χ1v) is 17.1. The van der Waals surface area contributed by atoms with Gasteiger partial charge in [0.25, 0.3) is 0 Å². The second kappa shape index (κ2) is 12.4. The van der Waals surface area contributed by atoms with E-state index in [0.717, 1.165) is 22.6 Å². The molecule has 0 heterocycles. The molecular formula is C49H33N. The minimum Gasteiger partial charge on any atom is -0.310 e. The van der Waals surface area contributed by atoms with Crippen LogP contribution in [-0.2, 0) is 5.41 Å². The standard InChI is InChI=1S/C49H33N/c1-4-15-36(16-5-1)33-34-49(41-30-27-38-19-10-11-20-40(38)35-41)45-24-13-12-23-44(45)48-46(49)25-14-26-47(48)50(42-21-8-3-9-22-42)43-31-28-39(29-32-43)37-17-6-2-7-18-37/h1-32,35H. The summed E-state index contributed by atoms with van der Waals surface area (Å²) in [6, 6.07) is 71.6. The van der Waals surface area contributed by atoms with Crippen LogP contribution in [0.1, 0.15) is 22.3 Å².